The van der Waals surface area contributed by atoms with Crippen molar-refractivity contribution >= 4 is 17.7 Å². The number of carboxylic acids is 1. The summed E-state index contributed by atoms with van der Waals surface area (Å²) < 4.78 is 1.61. The van der Waals surface area contributed by atoms with Crippen molar-refractivity contribution < 1.29 is 9.90 Å². The number of nitrogens with zero attached hydrogens (tertiary/aromatic N) is 2. The number of carbonyl (C=O) groups is 1. The van der Waals surface area contributed by atoms with E-state index in [0.29, 0.717) is 0 Å². The Bertz CT molecular complexity index is 323. The molecule has 78 valence electrons. The predicted molar refractivity (Wildman–Crippen MR) is 55.8 cm³/mol. The van der Waals surface area contributed by atoms with Crippen LogP contribution in [0.1, 0.15) is 30.3 Å². The molecule has 0 amide bonds. The highest BCUT2D eigenvalue weighted by molar-refractivity contribution is 7.99. The van der Waals surface area contributed by atoms with Crippen LogP contribution in [0.25, 0.3) is 0 Å². The Hall–Kier alpha value is -0.970. The van der Waals surface area contributed by atoms with Crippen LogP contribution in [0.2, 0.25) is 0 Å². The molecule has 1 aromatic rings. The summed E-state index contributed by atoms with van der Waals surface area (Å²) in [5, 5.41) is 9.55. The van der Waals surface area contributed by atoms with E-state index in [4.69, 9.17) is 5.11 Å². The maximum atomic E-state index is 10.7. The number of hydrogen-bond acceptors (Lipinski definition) is 3. The minimum Gasteiger partial charge on any atom is -0.477 e. The second kappa shape index (κ2) is 5.05. The van der Waals surface area contributed by atoms with Gasteiger partial charge in [0.05, 0.1) is 6.20 Å². The number of carboxylic acid groups (broad SMARTS) is 1. The molecule has 1 N–H and O–H groups in total. The van der Waals surface area contributed by atoms with Gasteiger partial charge in [0, 0.05) is 12.8 Å². The van der Waals surface area contributed by atoms with Crippen molar-refractivity contribution in [2.45, 2.75) is 24.9 Å². The molecule has 0 aliphatic carbocycles. The van der Waals surface area contributed by atoms with Gasteiger partial charge in [0.1, 0.15) is 5.69 Å². The maximum absolute atomic E-state index is 10.7. The number of thioether (sulfide) groups is 1. The molecule has 1 heterocycles. The fourth-order valence-corrected chi connectivity index (χ4v) is 2.07. The molecule has 0 aliphatic rings. The van der Waals surface area contributed by atoms with Crippen LogP contribution in [0.5, 0.6) is 0 Å². The van der Waals surface area contributed by atoms with E-state index in [9.17, 15) is 4.79 Å². The van der Waals surface area contributed by atoms with E-state index in [1.54, 1.807) is 23.4 Å². The lowest BCUT2D eigenvalue weighted by atomic mass is 10.4. The molecule has 1 aromatic heterocycles. The van der Waals surface area contributed by atoms with E-state index in [0.717, 1.165) is 23.8 Å². The third-order valence-corrected chi connectivity index (χ3v) is 3.02. The molecule has 1 rings (SSSR count). The predicted octanol–water partition coefficient (Wildman–Crippen LogP) is 2.01. The Morgan fingerprint density at radius 2 is 2.43 bits per heavy atom. The van der Waals surface area contributed by atoms with E-state index in [1.165, 1.54) is 6.20 Å². The van der Waals surface area contributed by atoms with E-state index >= 15 is 0 Å². The molecule has 0 spiro atoms. The monoisotopic (exact) mass is 214 g/mol. The largest absolute Gasteiger partial charge is 0.477 e. The number of imidazole rings is 1. The summed E-state index contributed by atoms with van der Waals surface area (Å²) in [6, 6.07) is 0. The minimum absolute atomic E-state index is 0.240. The van der Waals surface area contributed by atoms with Crippen molar-refractivity contribution in [3.05, 3.63) is 11.9 Å². The second-order valence-electron chi connectivity index (χ2n) is 2.99. The van der Waals surface area contributed by atoms with Gasteiger partial charge in [0.25, 0.3) is 0 Å². The molecular formula is C9H14N2O2S. The zero-order valence-corrected chi connectivity index (χ0v) is 9.17. The summed E-state index contributed by atoms with van der Waals surface area (Å²) >= 11 is 1.60. The third kappa shape index (κ3) is 2.51. The van der Waals surface area contributed by atoms with Gasteiger partial charge >= 0.3 is 5.97 Å². The van der Waals surface area contributed by atoms with Crippen LogP contribution in [0.4, 0.5) is 0 Å². The van der Waals surface area contributed by atoms with Crippen LogP contribution in [0.15, 0.2) is 11.4 Å². The standard InChI is InChI=1S/C9H14N2O2S/c1-3-4-5-14-9-10-6-7(8(12)13)11(9)2/h6H,3-5H2,1-2H3,(H,12,13). The molecule has 0 radical (unpaired) electrons. The minimum atomic E-state index is -0.928. The van der Waals surface area contributed by atoms with Crippen molar-refractivity contribution in [1.82, 2.24) is 9.55 Å². The van der Waals surface area contributed by atoms with Gasteiger partial charge < -0.3 is 9.67 Å². The Balaban J connectivity index is 2.65. The van der Waals surface area contributed by atoms with Gasteiger partial charge in [-0.1, -0.05) is 25.1 Å². The molecule has 5 heteroatoms. The Morgan fingerprint density at radius 1 is 1.71 bits per heavy atom. The number of hydrogen-bond donors (Lipinski definition) is 1. The van der Waals surface area contributed by atoms with Crippen LogP contribution in [-0.2, 0) is 7.05 Å². The fourth-order valence-electron chi connectivity index (χ4n) is 1.03. The molecule has 0 unspecified atom stereocenters. The van der Waals surface area contributed by atoms with E-state index in [1.807, 2.05) is 0 Å². The molecule has 0 aliphatic heterocycles. The highest BCUT2D eigenvalue weighted by Gasteiger charge is 2.11. The van der Waals surface area contributed by atoms with Crippen LogP contribution >= 0.6 is 11.8 Å². The van der Waals surface area contributed by atoms with Gasteiger partial charge in [0.2, 0.25) is 0 Å². The third-order valence-electron chi connectivity index (χ3n) is 1.89. The molecule has 0 saturated heterocycles. The summed E-state index contributed by atoms with van der Waals surface area (Å²) in [6.45, 7) is 2.13. The van der Waals surface area contributed by atoms with Crippen LogP contribution in [0.3, 0.4) is 0 Å². The normalized spacial score (nSPS) is 10.4. The quantitative estimate of drug-likeness (QED) is 0.601. The second-order valence-corrected chi connectivity index (χ2v) is 4.05. The first-order valence-electron chi connectivity index (χ1n) is 4.54. The first-order valence-corrected chi connectivity index (χ1v) is 5.53. The van der Waals surface area contributed by atoms with Gasteiger partial charge in [-0.2, -0.15) is 0 Å². The van der Waals surface area contributed by atoms with Gasteiger partial charge in [-0.15, -0.1) is 0 Å². The first kappa shape index (κ1) is 11.1. The molecule has 4 nitrogen and oxygen atoms in total. The Morgan fingerprint density at radius 3 is 2.93 bits per heavy atom. The average Bonchev–Trinajstić information content (AvgIpc) is 2.48. The Labute approximate surface area is 87.3 Å². The van der Waals surface area contributed by atoms with Gasteiger partial charge in [-0.25, -0.2) is 9.78 Å². The smallest absolute Gasteiger partial charge is 0.354 e. The fraction of sp³-hybridized carbons (Fsp3) is 0.556. The van der Waals surface area contributed by atoms with E-state index in [2.05, 4.69) is 11.9 Å². The van der Waals surface area contributed by atoms with E-state index < -0.39 is 5.97 Å². The number of unbranched alkanes of at least 4 members (excludes halogenated alkanes) is 1. The summed E-state index contributed by atoms with van der Waals surface area (Å²) in [5.41, 5.74) is 0.240. The maximum Gasteiger partial charge on any atom is 0.354 e. The van der Waals surface area contributed by atoms with Crippen LogP contribution < -0.4 is 0 Å². The van der Waals surface area contributed by atoms with Crippen molar-refractivity contribution in [2.75, 3.05) is 5.75 Å². The number of aromatic carboxylic acids is 1. The topological polar surface area (TPSA) is 55.1 Å². The van der Waals surface area contributed by atoms with Crippen molar-refractivity contribution in [3.8, 4) is 0 Å². The molecule has 0 fully saturated rings. The lowest BCUT2D eigenvalue weighted by molar-refractivity contribution is 0.0685. The van der Waals surface area contributed by atoms with Crippen molar-refractivity contribution in [2.24, 2.45) is 7.05 Å². The average molecular weight is 214 g/mol. The van der Waals surface area contributed by atoms with Gasteiger partial charge in [-0.05, 0) is 6.42 Å². The zero-order valence-electron chi connectivity index (χ0n) is 8.36. The summed E-state index contributed by atoms with van der Waals surface area (Å²) in [4.78, 5) is 14.7. The molecule has 0 bridgehead atoms. The van der Waals surface area contributed by atoms with E-state index in [-0.39, 0.29) is 5.69 Å². The van der Waals surface area contributed by atoms with Crippen LogP contribution in [-0.4, -0.2) is 26.4 Å². The summed E-state index contributed by atoms with van der Waals surface area (Å²) in [6.07, 6.45) is 3.67. The zero-order chi connectivity index (χ0) is 10.6. The highest BCUT2D eigenvalue weighted by atomic mass is 32.2. The van der Waals surface area contributed by atoms with Crippen LogP contribution in [0, 0.1) is 0 Å². The summed E-state index contributed by atoms with van der Waals surface area (Å²) in [5.74, 6) is 0.0581. The van der Waals surface area contributed by atoms with Gasteiger partial charge in [-0.3, -0.25) is 0 Å². The van der Waals surface area contributed by atoms with Gasteiger partial charge in [0.15, 0.2) is 5.16 Å². The molecule has 0 aromatic carbocycles. The molecular weight excluding hydrogens is 200 g/mol. The Kier molecular flexibility index (Phi) is 4.00. The number of rotatable bonds is 5. The van der Waals surface area contributed by atoms with Crippen molar-refractivity contribution in [3.63, 3.8) is 0 Å². The first-order chi connectivity index (χ1) is 6.66. The lowest BCUT2D eigenvalue weighted by Gasteiger charge is -2.01. The van der Waals surface area contributed by atoms with Crippen molar-refractivity contribution in [1.29, 1.82) is 0 Å². The number of aromatic nitrogens is 2. The molecule has 0 saturated carbocycles. The summed E-state index contributed by atoms with van der Waals surface area (Å²) in [7, 11) is 1.73. The lowest BCUT2D eigenvalue weighted by Crippen LogP contribution is -2.04. The molecule has 0 atom stereocenters. The highest BCUT2D eigenvalue weighted by Crippen LogP contribution is 2.18. The SMILES string of the molecule is CCCCSc1ncc(C(=O)O)n1C. The molecule has 14 heavy (non-hydrogen) atoms.